The van der Waals surface area contributed by atoms with E-state index in [9.17, 15) is 9.90 Å². The zero-order chi connectivity index (χ0) is 18.9. The Labute approximate surface area is 167 Å². The van der Waals surface area contributed by atoms with Crippen molar-refractivity contribution in [3.8, 4) is 5.82 Å². The molecule has 2 aromatic rings. The van der Waals surface area contributed by atoms with E-state index < -0.39 is 5.97 Å². The molecular weight excluding hydrogens is 445 g/mol. The van der Waals surface area contributed by atoms with Gasteiger partial charge in [-0.3, -0.25) is 0 Å². The highest BCUT2D eigenvalue weighted by Crippen LogP contribution is 2.39. The number of halogens is 1. The Morgan fingerprint density at radius 2 is 2.27 bits per heavy atom. The molecule has 0 radical (unpaired) electrons. The SMILES string of the molecule is CCCCOC1Cc2c(C(=O)O)nn(-c3cc(I)ccn3)c2CC1(C)C. The van der Waals surface area contributed by atoms with E-state index in [1.807, 2.05) is 12.1 Å². The van der Waals surface area contributed by atoms with E-state index in [1.165, 1.54) is 0 Å². The van der Waals surface area contributed by atoms with E-state index in [1.54, 1.807) is 10.9 Å². The molecule has 1 aliphatic carbocycles. The second-order valence-electron chi connectivity index (χ2n) is 7.41. The fourth-order valence-electron chi connectivity index (χ4n) is 3.41. The van der Waals surface area contributed by atoms with E-state index in [2.05, 4.69) is 53.4 Å². The molecule has 26 heavy (non-hydrogen) atoms. The number of aromatic carboxylic acids is 1. The molecule has 0 amide bonds. The summed E-state index contributed by atoms with van der Waals surface area (Å²) in [5.41, 5.74) is 1.72. The maximum absolute atomic E-state index is 11.8. The van der Waals surface area contributed by atoms with Gasteiger partial charge in [0.1, 0.15) is 0 Å². The molecule has 0 bridgehead atoms. The lowest BCUT2D eigenvalue weighted by atomic mass is 9.73. The van der Waals surface area contributed by atoms with Gasteiger partial charge in [-0.2, -0.15) is 5.10 Å². The number of pyridine rings is 1. The molecule has 0 spiro atoms. The van der Waals surface area contributed by atoms with Gasteiger partial charge in [0, 0.05) is 28.4 Å². The molecule has 2 heterocycles. The minimum atomic E-state index is -1.00. The Morgan fingerprint density at radius 3 is 2.92 bits per heavy atom. The van der Waals surface area contributed by atoms with Crippen LogP contribution in [0.2, 0.25) is 0 Å². The van der Waals surface area contributed by atoms with Gasteiger partial charge in [-0.15, -0.1) is 0 Å². The van der Waals surface area contributed by atoms with Crippen LogP contribution >= 0.6 is 22.6 Å². The van der Waals surface area contributed by atoms with Gasteiger partial charge in [-0.25, -0.2) is 14.5 Å². The van der Waals surface area contributed by atoms with Gasteiger partial charge in [0.25, 0.3) is 0 Å². The number of carbonyl (C=O) groups is 1. The van der Waals surface area contributed by atoms with Crippen LogP contribution in [-0.2, 0) is 17.6 Å². The third kappa shape index (κ3) is 3.78. The van der Waals surface area contributed by atoms with E-state index in [0.29, 0.717) is 25.3 Å². The summed E-state index contributed by atoms with van der Waals surface area (Å²) >= 11 is 2.22. The van der Waals surface area contributed by atoms with E-state index >= 15 is 0 Å². The van der Waals surface area contributed by atoms with Crippen molar-refractivity contribution in [1.29, 1.82) is 0 Å². The number of hydrogen-bond acceptors (Lipinski definition) is 4. The molecule has 0 fully saturated rings. The molecule has 140 valence electrons. The summed E-state index contributed by atoms with van der Waals surface area (Å²) in [6.45, 7) is 7.18. The van der Waals surface area contributed by atoms with Crippen LogP contribution in [0.4, 0.5) is 0 Å². The van der Waals surface area contributed by atoms with Gasteiger partial charge < -0.3 is 9.84 Å². The minimum absolute atomic E-state index is 0.0128. The highest BCUT2D eigenvalue weighted by atomic mass is 127. The monoisotopic (exact) mass is 469 g/mol. The molecule has 2 aromatic heterocycles. The van der Waals surface area contributed by atoms with Crippen molar-refractivity contribution >= 4 is 28.6 Å². The summed E-state index contributed by atoms with van der Waals surface area (Å²) in [5.74, 6) is -0.348. The van der Waals surface area contributed by atoms with Crippen molar-refractivity contribution in [2.45, 2.75) is 52.6 Å². The molecule has 0 aliphatic heterocycles. The molecule has 6 nitrogen and oxygen atoms in total. The second kappa shape index (κ2) is 7.64. The van der Waals surface area contributed by atoms with Crippen molar-refractivity contribution < 1.29 is 14.6 Å². The van der Waals surface area contributed by atoms with Gasteiger partial charge in [0.05, 0.1) is 11.8 Å². The number of fused-ring (bicyclic) bond motifs is 1. The Balaban J connectivity index is 2.03. The zero-order valence-corrected chi connectivity index (χ0v) is 17.5. The fraction of sp³-hybridized carbons (Fsp3) is 0.526. The number of hydrogen-bond donors (Lipinski definition) is 1. The third-order valence-electron chi connectivity index (χ3n) is 4.92. The van der Waals surface area contributed by atoms with Crippen LogP contribution in [0.15, 0.2) is 18.3 Å². The fourth-order valence-corrected chi connectivity index (χ4v) is 3.85. The van der Waals surface area contributed by atoms with E-state index in [4.69, 9.17) is 4.74 Å². The number of unbranched alkanes of at least 4 members (excludes halogenated alkanes) is 1. The summed E-state index contributed by atoms with van der Waals surface area (Å²) < 4.78 is 8.85. The van der Waals surface area contributed by atoms with Crippen molar-refractivity contribution in [1.82, 2.24) is 14.8 Å². The molecule has 1 atom stereocenters. The Hall–Kier alpha value is -1.48. The number of aromatic nitrogens is 3. The molecule has 3 rings (SSSR count). The largest absolute Gasteiger partial charge is 0.476 e. The topological polar surface area (TPSA) is 77.2 Å². The Bertz CT molecular complexity index is 816. The summed E-state index contributed by atoms with van der Waals surface area (Å²) in [6, 6.07) is 3.82. The normalized spacial score (nSPS) is 18.5. The average molecular weight is 469 g/mol. The van der Waals surface area contributed by atoms with Crippen LogP contribution in [0.3, 0.4) is 0 Å². The third-order valence-corrected chi connectivity index (χ3v) is 5.59. The van der Waals surface area contributed by atoms with Crippen LogP contribution in [0.25, 0.3) is 5.82 Å². The van der Waals surface area contributed by atoms with Gasteiger partial charge >= 0.3 is 5.97 Å². The number of rotatable bonds is 6. The smallest absolute Gasteiger partial charge is 0.356 e. The van der Waals surface area contributed by atoms with Crippen LogP contribution in [-0.4, -0.2) is 38.6 Å². The number of nitrogens with zero attached hydrogens (tertiary/aromatic N) is 3. The van der Waals surface area contributed by atoms with Crippen LogP contribution < -0.4 is 0 Å². The first-order valence-corrected chi connectivity index (χ1v) is 9.99. The van der Waals surface area contributed by atoms with Crippen molar-refractivity contribution in [2.24, 2.45) is 5.41 Å². The second-order valence-corrected chi connectivity index (χ2v) is 8.65. The van der Waals surface area contributed by atoms with Gasteiger partial charge in [0.15, 0.2) is 11.5 Å². The summed E-state index contributed by atoms with van der Waals surface area (Å²) in [4.78, 5) is 16.2. The summed E-state index contributed by atoms with van der Waals surface area (Å²) in [6.07, 6.45) is 5.06. The summed E-state index contributed by atoms with van der Waals surface area (Å²) in [7, 11) is 0. The van der Waals surface area contributed by atoms with E-state index in [-0.39, 0.29) is 17.2 Å². The predicted octanol–water partition coefficient (Wildman–Crippen LogP) is 3.88. The van der Waals surface area contributed by atoms with Crippen molar-refractivity contribution in [3.63, 3.8) is 0 Å². The highest BCUT2D eigenvalue weighted by Gasteiger charge is 2.40. The van der Waals surface area contributed by atoms with Crippen LogP contribution in [0, 0.1) is 8.99 Å². The maximum Gasteiger partial charge on any atom is 0.356 e. The van der Waals surface area contributed by atoms with Gasteiger partial charge in [-0.1, -0.05) is 27.2 Å². The molecule has 7 heteroatoms. The minimum Gasteiger partial charge on any atom is -0.476 e. The molecule has 1 aliphatic rings. The first kappa shape index (κ1) is 19.3. The number of carboxylic acid groups (broad SMARTS) is 1. The predicted molar refractivity (Wildman–Crippen MR) is 107 cm³/mol. The molecule has 0 aromatic carbocycles. The lowest BCUT2D eigenvalue weighted by molar-refractivity contribution is -0.0324. The standard InChI is InChI=1S/C19H24IN3O3/c1-4-5-8-26-15-10-13-14(11-19(15,2)3)23(22-17(13)18(24)25)16-9-12(20)6-7-21-16/h6-7,9,15H,4-5,8,10-11H2,1-3H3,(H,24,25). The first-order valence-electron chi connectivity index (χ1n) is 8.91. The molecule has 1 unspecified atom stereocenters. The van der Waals surface area contributed by atoms with Crippen LogP contribution in [0.1, 0.15) is 55.4 Å². The van der Waals surface area contributed by atoms with Crippen LogP contribution in [0.5, 0.6) is 0 Å². The van der Waals surface area contributed by atoms with Gasteiger partial charge in [-0.05, 0) is 53.0 Å². The maximum atomic E-state index is 11.8. The quantitative estimate of drug-likeness (QED) is 0.514. The average Bonchev–Trinajstić information content (AvgIpc) is 2.92. The highest BCUT2D eigenvalue weighted by molar-refractivity contribution is 14.1. The Kier molecular flexibility index (Phi) is 5.67. The number of carboxylic acids is 1. The molecular formula is C19H24IN3O3. The zero-order valence-electron chi connectivity index (χ0n) is 15.3. The summed E-state index contributed by atoms with van der Waals surface area (Å²) in [5, 5.41) is 14.0. The molecule has 0 saturated carbocycles. The van der Waals surface area contributed by atoms with Gasteiger partial charge in [0.2, 0.25) is 0 Å². The molecule has 0 saturated heterocycles. The van der Waals surface area contributed by atoms with Crippen molar-refractivity contribution in [3.05, 3.63) is 38.9 Å². The van der Waals surface area contributed by atoms with E-state index in [0.717, 1.165) is 27.7 Å². The van der Waals surface area contributed by atoms with Crippen molar-refractivity contribution in [2.75, 3.05) is 6.61 Å². The Morgan fingerprint density at radius 1 is 1.50 bits per heavy atom. The molecule has 1 N–H and O–H groups in total. The lowest BCUT2D eigenvalue weighted by Gasteiger charge is -2.38. The lowest BCUT2D eigenvalue weighted by Crippen LogP contribution is -2.40. The first-order chi connectivity index (χ1) is 12.3. The number of ether oxygens (including phenoxy) is 1.